The van der Waals surface area contributed by atoms with Gasteiger partial charge in [-0.2, -0.15) is 8.78 Å². The predicted octanol–water partition coefficient (Wildman–Crippen LogP) is 2.88. The molecule has 0 unspecified atom stereocenters. The summed E-state index contributed by atoms with van der Waals surface area (Å²) in [5.74, 6) is 0.0403. The monoisotopic (exact) mass is 285 g/mol. The van der Waals surface area contributed by atoms with Crippen molar-refractivity contribution < 1.29 is 23.0 Å². The van der Waals surface area contributed by atoms with Crippen LogP contribution in [0.1, 0.15) is 18.9 Å². The Kier molecular flexibility index (Phi) is 6.49. The minimum Gasteiger partial charge on any atom is -0.493 e. The summed E-state index contributed by atoms with van der Waals surface area (Å²) >= 11 is 0. The standard InChI is InChI=1S/C14H17F2NO3/c1-3-7-19-11-6-5-10(9-17-13(18)4-2)12(8-11)20-14(15)16/h4-6,8,14H,2-3,7,9H2,1H3,(H,17,18). The molecule has 20 heavy (non-hydrogen) atoms. The predicted molar refractivity (Wildman–Crippen MR) is 70.9 cm³/mol. The number of carbonyl (C=O) groups is 1. The van der Waals surface area contributed by atoms with Gasteiger partial charge in [-0.3, -0.25) is 4.79 Å². The summed E-state index contributed by atoms with van der Waals surface area (Å²) in [4.78, 5) is 11.1. The number of amides is 1. The van der Waals surface area contributed by atoms with Crippen LogP contribution >= 0.6 is 0 Å². The summed E-state index contributed by atoms with van der Waals surface area (Å²) in [7, 11) is 0. The molecule has 0 spiro atoms. The van der Waals surface area contributed by atoms with Gasteiger partial charge < -0.3 is 14.8 Å². The molecule has 1 rings (SSSR count). The number of hydrogen-bond donors (Lipinski definition) is 1. The highest BCUT2D eigenvalue weighted by Crippen LogP contribution is 2.26. The zero-order valence-electron chi connectivity index (χ0n) is 11.2. The lowest BCUT2D eigenvalue weighted by molar-refractivity contribution is -0.116. The van der Waals surface area contributed by atoms with E-state index in [9.17, 15) is 13.6 Å². The zero-order valence-corrected chi connectivity index (χ0v) is 11.2. The molecule has 0 aliphatic carbocycles. The highest BCUT2D eigenvalue weighted by Gasteiger charge is 2.11. The van der Waals surface area contributed by atoms with Crippen molar-refractivity contribution in [3.8, 4) is 11.5 Å². The van der Waals surface area contributed by atoms with Gasteiger partial charge in [-0.15, -0.1) is 0 Å². The van der Waals surface area contributed by atoms with Crippen molar-refractivity contribution in [2.24, 2.45) is 0 Å². The van der Waals surface area contributed by atoms with E-state index in [4.69, 9.17) is 4.74 Å². The molecule has 0 aliphatic rings. The second-order valence-electron chi connectivity index (χ2n) is 3.92. The van der Waals surface area contributed by atoms with E-state index in [1.807, 2.05) is 6.92 Å². The Morgan fingerprint density at radius 2 is 2.25 bits per heavy atom. The molecule has 0 fully saturated rings. The molecule has 110 valence electrons. The summed E-state index contributed by atoms with van der Waals surface area (Å²) in [6, 6.07) is 4.60. The average Bonchev–Trinajstić information content (AvgIpc) is 2.43. The van der Waals surface area contributed by atoms with Gasteiger partial charge in [0.05, 0.1) is 6.61 Å². The van der Waals surface area contributed by atoms with Crippen LogP contribution in [0.15, 0.2) is 30.9 Å². The quantitative estimate of drug-likeness (QED) is 0.747. The van der Waals surface area contributed by atoms with E-state index in [1.165, 1.54) is 6.07 Å². The number of rotatable bonds is 8. The van der Waals surface area contributed by atoms with E-state index in [1.54, 1.807) is 12.1 Å². The fourth-order valence-electron chi connectivity index (χ4n) is 1.45. The lowest BCUT2D eigenvalue weighted by Gasteiger charge is -2.13. The molecule has 0 radical (unpaired) electrons. The lowest BCUT2D eigenvalue weighted by Crippen LogP contribution is -2.20. The van der Waals surface area contributed by atoms with Gasteiger partial charge in [-0.1, -0.05) is 13.5 Å². The van der Waals surface area contributed by atoms with Crippen molar-refractivity contribution in [2.45, 2.75) is 26.5 Å². The molecule has 0 atom stereocenters. The summed E-state index contributed by atoms with van der Waals surface area (Å²) in [5, 5.41) is 2.50. The fourth-order valence-corrected chi connectivity index (χ4v) is 1.45. The Morgan fingerprint density at radius 3 is 2.85 bits per heavy atom. The molecule has 0 saturated carbocycles. The summed E-state index contributed by atoms with van der Waals surface area (Å²) in [5.41, 5.74) is 0.435. The third kappa shape index (κ3) is 5.26. The first-order valence-corrected chi connectivity index (χ1v) is 6.17. The van der Waals surface area contributed by atoms with E-state index in [-0.39, 0.29) is 18.2 Å². The van der Waals surface area contributed by atoms with Crippen molar-refractivity contribution in [2.75, 3.05) is 6.61 Å². The summed E-state index contributed by atoms with van der Waals surface area (Å²) < 4.78 is 34.6. The second-order valence-corrected chi connectivity index (χ2v) is 3.92. The van der Waals surface area contributed by atoms with Gasteiger partial charge in [0.1, 0.15) is 11.5 Å². The molecule has 1 aromatic carbocycles. The van der Waals surface area contributed by atoms with Gasteiger partial charge in [-0.25, -0.2) is 0 Å². The van der Waals surface area contributed by atoms with E-state index >= 15 is 0 Å². The van der Waals surface area contributed by atoms with Gasteiger partial charge in [0.15, 0.2) is 0 Å². The SMILES string of the molecule is C=CC(=O)NCc1ccc(OCCC)cc1OC(F)F. The molecule has 0 heterocycles. The minimum absolute atomic E-state index is 0.0158. The maximum atomic E-state index is 12.4. The highest BCUT2D eigenvalue weighted by molar-refractivity contribution is 5.86. The van der Waals surface area contributed by atoms with Crippen LogP contribution in [0.2, 0.25) is 0 Å². The van der Waals surface area contributed by atoms with Crippen molar-refractivity contribution in [1.82, 2.24) is 5.32 Å². The first kappa shape index (κ1) is 15.9. The van der Waals surface area contributed by atoms with Crippen LogP contribution < -0.4 is 14.8 Å². The minimum atomic E-state index is -2.94. The second kappa shape index (κ2) is 8.14. The normalized spacial score (nSPS) is 10.2. The Labute approximate surface area is 116 Å². The van der Waals surface area contributed by atoms with Crippen LogP contribution in [-0.4, -0.2) is 19.1 Å². The Morgan fingerprint density at radius 1 is 1.50 bits per heavy atom. The largest absolute Gasteiger partial charge is 0.493 e. The number of hydrogen-bond acceptors (Lipinski definition) is 3. The smallest absolute Gasteiger partial charge is 0.387 e. The molecule has 4 nitrogen and oxygen atoms in total. The molecule has 6 heteroatoms. The number of ether oxygens (including phenoxy) is 2. The van der Waals surface area contributed by atoms with E-state index in [2.05, 4.69) is 16.6 Å². The van der Waals surface area contributed by atoms with Gasteiger partial charge in [0, 0.05) is 18.2 Å². The number of halogens is 2. The van der Waals surface area contributed by atoms with Crippen LogP contribution in [0, 0.1) is 0 Å². The van der Waals surface area contributed by atoms with Gasteiger partial charge in [-0.05, 0) is 24.6 Å². The topological polar surface area (TPSA) is 47.6 Å². The summed E-state index contributed by atoms with van der Waals surface area (Å²) in [6.45, 7) is 2.87. The van der Waals surface area contributed by atoms with Crippen LogP contribution in [0.4, 0.5) is 8.78 Å². The maximum absolute atomic E-state index is 12.4. The molecule has 0 saturated heterocycles. The first-order chi connectivity index (χ1) is 9.56. The average molecular weight is 285 g/mol. The molecule has 1 amide bonds. The van der Waals surface area contributed by atoms with Crippen molar-refractivity contribution in [3.05, 3.63) is 36.4 Å². The van der Waals surface area contributed by atoms with Gasteiger partial charge in [0.2, 0.25) is 5.91 Å². The van der Waals surface area contributed by atoms with Gasteiger partial charge in [0.25, 0.3) is 0 Å². The Bertz CT molecular complexity index is 464. The molecular formula is C14H17F2NO3. The van der Waals surface area contributed by atoms with Crippen molar-refractivity contribution in [1.29, 1.82) is 0 Å². The Balaban J connectivity index is 2.85. The highest BCUT2D eigenvalue weighted by atomic mass is 19.3. The van der Waals surface area contributed by atoms with E-state index in [0.717, 1.165) is 12.5 Å². The molecule has 0 aromatic heterocycles. The van der Waals surface area contributed by atoms with Crippen LogP contribution in [0.25, 0.3) is 0 Å². The van der Waals surface area contributed by atoms with Crippen LogP contribution in [0.5, 0.6) is 11.5 Å². The van der Waals surface area contributed by atoms with Crippen LogP contribution in [-0.2, 0) is 11.3 Å². The molecule has 1 aromatic rings. The first-order valence-electron chi connectivity index (χ1n) is 6.17. The van der Waals surface area contributed by atoms with Crippen molar-refractivity contribution in [3.63, 3.8) is 0 Å². The third-order valence-electron chi connectivity index (χ3n) is 2.37. The Hall–Kier alpha value is -2.11. The van der Waals surface area contributed by atoms with Crippen LogP contribution in [0.3, 0.4) is 0 Å². The number of alkyl halides is 2. The fraction of sp³-hybridized carbons (Fsp3) is 0.357. The molecule has 1 N–H and O–H groups in total. The van der Waals surface area contributed by atoms with Crippen molar-refractivity contribution >= 4 is 5.91 Å². The van der Waals surface area contributed by atoms with E-state index in [0.29, 0.717) is 17.9 Å². The number of nitrogens with one attached hydrogen (secondary N) is 1. The number of benzene rings is 1. The lowest BCUT2D eigenvalue weighted by atomic mass is 10.2. The summed E-state index contributed by atoms with van der Waals surface area (Å²) in [6.07, 6.45) is 1.91. The third-order valence-corrected chi connectivity index (χ3v) is 2.37. The van der Waals surface area contributed by atoms with E-state index < -0.39 is 6.61 Å². The molecule has 0 aliphatic heterocycles. The van der Waals surface area contributed by atoms with Gasteiger partial charge >= 0.3 is 6.61 Å². The maximum Gasteiger partial charge on any atom is 0.387 e. The molecule has 0 bridgehead atoms. The zero-order chi connectivity index (χ0) is 15.0. The number of carbonyl (C=O) groups excluding carboxylic acids is 1. The molecular weight excluding hydrogens is 268 g/mol.